The van der Waals surface area contributed by atoms with E-state index in [2.05, 4.69) is 278 Å². The van der Waals surface area contributed by atoms with Crippen LogP contribution in [-0.4, -0.2) is 0 Å². The van der Waals surface area contributed by atoms with Crippen LogP contribution in [-0.2, 0) is 0 Å². The zero-order valence-corrected chi connectivity index (χ0v) is 35.9. The summed E-state index contributed by atoms with van der Waals surface area (Å²) >= 11 is 0. The minimum Gasteiger partial charge on any atom is -0.311 e. The zero-order chi connectivity index (χ0) is 43.4. The fourth-order valence-corrected chi connectivity index (χ4v) is 9.30. The minimum atomic E-state index is 1.09. The number of benzene rings is 11. The topological polar surface area (TPSA) is 3.24 Å². The summed E-state index contributed by atoms with van der Waals surface area (Å²) in [6, 6.07) is 98.7. The summed E-state index contributed by atoms with van der Waals surface area (Å²) in [5.41, 5.74) is 20.1. The van der Waals surface area contributed by atoms with E-state index < -0.39 is 0 Å². The van der Waals surface area contributed by atoms with Crippen molar-refractivity contribution < 1.29 is 0 Å². The van der Waals surface area contributed by atoms with Gasteiger partial charge in [-0.05, 0) is 125 Å². The first-order chi connectivity index (χ1) is 32.2. The van der Waals surface area contributed by atoms with Crippen LogP contribution in [0.4, 0.5) is 17.1 Å². The predicted molar refractivity (Wildman–Crippen MR) is 277 cm³/mol. The molecule has 11 rings (SSSR count). The summed E-state index contributed by atoms with van der Waals surface area (Å²) in [5.74, 6) is 0. The van der Waals surface area contributed by atoms with E-state index in [0.717, 1.165) is 22.6 Å². The first-order valence-corrected chi connectivity index (χ1v) is 22.3. The molecule has 0 aliphatic rings. The third-order valence-corrected chi connectivity index (χ3v) is 12.6. The lowest BCUT2D eigenvalue weighted by atomic mass is 9.87. The molecule has 65 heavy (non-hydrogen) atoms. The van der Waals surface area contributed by atoms with Crippen molar-refractivity contribution in [2.75, 3.05) is 4.90 Å². The van der Waals surface area contributed by atoms with Crippen molar-refractivity contribution in [1.29, 1.82) is 0 Å². The van der Waals surface area contributed by atoms with Crippen LogP contribution in [0.3, 0.4) is 0 Å². The monoisotopic (exact) mass is 827 g/mol. The highest BCUT2D eigenvalue weighted by atomic mass is 15.1. The van der Waals surface area contributed by atoms with Crippen LogP contribution < -0.4 is 4.90 Å². The largest absolute Gasteiger partial charge is 0.311 e. The van der Waals surface area contributed by atoms with E-state index in [4.69, 9.17) is 0 Å². The Morgan fingerprint density at radius 3 is 0.938 bits per heavy atom. The molecule has 11 aromatic rings. The maximum absolute atomic E-state index is 2.35. The van der Waals surface area contributed by atoms with Crippen molar-refractivity contribution in [2.45, 2.75) is 0 Å². The highest BCUT2D eigenvalue weighted by Crippen LogP contribution is 2.43. The molecule has 0 fully saturated rings. The predicted octanol–water partition coefficient (Wildman–Crippen LogP) is 18.0. The Morgan fingerprint density at radius 2 is 0.446 bits per heavy atom. The Morgan fingerprint density at radius 1 is 0.169 bits per heavy atom. The van der Waals surface area contributed by atoms with Crippen LogP contribution in [0.15, 0.2) is 273 Å². The molecule has 1 heteroatoms. The van der Waals surface area contributed by atoms with Crippen LogP contribution in [0.2, 0.25) is 0 Å². The van der Waals surface area contributed by atoms with E-state index in [1.165, 1.54) is 83.1 Å². The van der Waals surface area contributed by atoms with Crippen LogP contribution >= 0.6 is 0 Å². The van der Waals surface area contributed by atoms with Crippen molar-refractivity contribution in [2.24, 2.45) is 0 Å². The molecule has 0 amide bonds. The number of rotatable bonds is 10. The standard InChI is InChI=1S/C64H45N/c1-3-16-46(17-4-1)48-34-40-54(41-35-48)65(55-42-36-49(37-43-55)47-30-32-52(33-31-47)58-29-15-21-51-20-7-8-22-57(51)58)56-44-38-53(39-45-56)60-24-10-12-26-62(60)64-28-14-13-27-63(64)61-25-11-9-23-59(61)50-18-5-2-6-19-50/h1-45H. The van der Waals surface area contributed by atoms with E-state index in [-0.39, 0.29) is 0 Å². The number of hydrogen-bond donors (Lipinski definition) is 0. The Balaban J connectivity index is 0.939. The minimum absolute atomic E-state index is 1.09. The summed E-state index contributed by atoms with van der Waals surface area (Å²) < 4.78 is 0. The molecule has 0 radical (unpaired) electrons. The second-order valence-electron chi connectivity index (χ2n) is 16.4. The molecule has 0 unspecified atom stereocenters. The molecule has 0 bridgehead atoms. The molecule has 1 nitrogen and oxygen atoms in total. The van der Waals surface area contributed by atoms with Gasteiger partial charge in [0.1, 0.15) is 0 Å². The van der Waals surface area contributed by atoms with Crippen molar-refractivity contribution in [3.63, 3.8) is 0 Å². The number of hydrogen-bond acceptors (Lipinski definition) is 1. The Bertz CT molecular complexity index is 3360. The average Bonchev–Trinajstić information content (AvgIpc) is 3.40. The van der Waals surface area contributed by atoms with Gasteiger partial charge in [0.15, 0.2) is 0 Å². The molecule has 0 saturated carbocycles. The summed E-state index contributed by atoms with van der Waals surface area (Å²) in [4.78, 5) is 2.35. The second kappa shape index (κ2) is 17.7. The van der Waals surface area contributed by atoms with Crippen molar-refractivity contribution in [3.8, 4) is 77.9 Å². The summed E-state index contributed by atoms with van der Waals surface area (Å²) in [6.45, 7) is 0. The first kappa shape index (κ1) is 39.3. The maximum atomic E-state index is 2.35. The lowest BCUT2D eigenvalue weighted by Crippen LogP contribution is -2.09. The van der Waals surface area contributed by atoms with Gasteiger partial charge in [0, 0.05) is 17.1 Å². The Kier molecular flexibility index (Phi) is 10.7. The van der Waals surface area contributed by atoms with Crippen molar-refractivity contribution in [3.05, 3.63) is 273 Å². The zero-order valence-electron chi connectivity index (χ0n) is 35.9. The highest BCUT2D eigenvalue weighted by molar-refractivity contribution is 5.98. The molecule has 0 saturated heterocycles. The van der Waals surface area contributed by atoms with Gasteiger partial charge in [-0.1, -0.05) is 237 Å². The smallest absolute Gasteiger partial charge is 0.0462 e. The quantitative estimate of drug-likeness (QED) is 0.133. The van der Waals surface area contributed by atoms with Crippen LogP contribution in [0.1, 0.15) is 0 Å². The molecule has 0 N–H and O–H groups in total. The van der Waals surface area contributed by atoms with E-state index in [0.29, 0.717) is 0 Å². The van der Waals surface area contributed by atoms with Gasteiger partial charge in [0.25, 0.3) is 0 Å². The van der Waals surface area contributed by atoms with Gasteiger partial charge in [0.05, 0.1) is 0 Å². The van der Waals surface area contributed by atoms with E-state index >= 15 is 0 Å². The highest BCUT2D eigenvalue weighted by Gasteiger charge is 2.17. The lowest BCUT2D eigenvalue weighted by Gasteiger charge is -2.26. The van der Waals surface area contributed by atoms with Crippen molar-refractivity contribution >= 4 is 27.8 Å². The molecule has 0 aromatic heterocycles. The third kappa shape index (κ3) is 7.93. The van der Waals surface area contributed by atoms with Gasteiger partial charge in [-0.3, -0.25) is 0 Å². The van der Waals surface area contributed by atoms with Gasteiger partial charge in [-0.25, -0.2) is 0 Å². The number of fused-ring (bicyclic) bond motifs is 1. The molecule has 0 spiro atoms. The summed E-state index contributed by atoms with van der Waals surface area (Å²) in [5, 5.41) is 2.53. The van der Waals surface area contributed by atoms with Gasteiger partial charge < -0.3 is 4.90 Å². The maximum Gasteiger partial charge on any atom is 0.0462 e. The Labute approximate surface area is 381 Å². The number of anilines is 3. The molecule has 306 valence electrons. The normalized spacial score (nSPS) is 11.1. The summed E-state index contributed by atoms with van der Waals surface area (Å²) in [6.07, 6.45) is 0. The molecule has 0 aliphatic carbocycles. The fourth-order valence-electron chi connectivity index (χ4n) is 9.30. The second-order valence-corrected chi connectivity index (χ2v) is 16.4. The molecule has 0 heterocycles. The van der Waals surface area contributed by atoms with E-state index in [1.807, 2.05) is 0 Å². The Hall–Kier alpha value is -8.52. The molecule has 11 aromatic carbocycles. The van der Waals surface area contributed by atoms with Gasteiger partial charge >= 0.3 is 0 Å². The van der Waals surface area contributed by atoms with Crippen LogP contribution in [0.5, 0.6) is 0 Å². The first-order valence-electron chi connectivity index (χ1n) is 22.3. The molecule has 0 atom stereocenters. The third-order valence-electron chi connectivity index (χ3n) is 12.6. The SMILES string of the molecule is c1ccc(-c2ccc(N(c3ccc(-c4ccc(-c5cccc6ccccc56)cc4)cc3)c3ccc(-c4ccccc4-c4ccccc4-c4ccccc4-c4ccccc4)cc3)cc2)cc1. The van der Waals surface area contributed by atoms with Gasteiger partial charge in [-0.2, -0.15) is 0 Å². The average molecular weight is 828 g/mol. The van der Waals surface area contributed by atoms with Crippen LogP contribution in [0, 0.1) is 0 Å². The molecular formula is C64H45N. The lowest BCUT2D eigenvalue weighted by molar-refractivity contribution is 1.28. The number of nitrogens with zero attached hydrogens (tertiary/aromatic N) is 1. The van der Waals surface area contributed by atoms with E-state index in [9.17, 15) is 0 Å². The molecular weight excluding hydrogens is 783 g/mol. The molecule has 0 aliphatic heterocycles. The van der Waals surface area contributed by atoms with Gasteiger partial charge in [-0.15, -0.1) is 0 Å². The van der Waals surface area contributed by atoms with Crippen LogP contribution in [0.25, 0.3) is 88.7 Å². The van der Waals surface area contributed by atoms with Gasteiger partial charge in [0.2, 0.25) is 0 Å². The summed E-state index contributed by atoms with van der Waals surface area (Å²) in [7, 11) is 0. The van der Waals surface area contributed by atoms with E-state index in [1.54, 1.807) is 0 Å². The fraction of sp³-hybridized carbons (Fsp3) is 0. The van der Waals surface area contributed by atoms with Crippen molar-refractivity contribution in [1.82, 2.24) is 0 Å².